The minimum absolute atomic E-state index is 0.538. The summed E-state index contributed by atoms with van der Waals surface area (Å²) in [7, 11) is 0. The molecule has 18 heavy (non-hydrogen) atoms. The minimum atomic E-state index is 0.538. The van der Waals surface area contributed by atoms with Crippen LogP contribution in [0, 0.1) is 0 Å². The maximum absolute atomic E-state index is 5.71. The highest BCUT2D eigenvalue weighted by Gasteiger charge is 2.01. The Balaban J connectivity index is 2.38. The molecule has 0 heterocycles. The first-order chi connectivity index (χ1) is 8.80. The van der Waals surface area contributed by atoms with Crippen molar-refractivity contribution in [2.45, 2.75) is 6.54 Å². The van der Waals surface area contributed by atoms with Crippen LogP contribution in [0.15, 0.2) is 49.6 Å². The molecule has 2 N–H and O–H groups in total. The quantitative estimate of drug-likeness (QED) is 0.679. The summed E-state index contributed by atoms with van der Waals surface area (Å²) in [5.74, 6) is 0.870. The molecule has 1 rings (SSSR count). The number of hydrogen-bond acceptors (Lipinski definition) is 3. The summed E-state index contributed by atoms with van der Waals surface area (Å²) in [5.41, 5.74) is 6.67. The molecule has 0 saturated heterocycles. The monoisotopic (exact) mass is 246 g/mol. The first-order valence-corrected chi connectivity index (χ1v) is 6.16. The van der Waals surface area contributed by atoms with Crippen molar-refractivity contribution in [3.8, 4) is 5.75 Å². The summed E-state index contributed by atoms with van der Waals surface area (Å²) in [5, 5.41) is 0. The molecule has 1 aromatic carbocycles. The van der Waals surface area contributed by atoms with Crippen LogP contribution in [-0.4, -0.2) is 31.1 Å². The van der Waals surface area contributed by atoms with Gasteiger partial charge >= 0.3 is 0 Å². The molecule has 0 aromatic heterocycles. The Hall–Kier alpha value is -1.58. The summed E-state index contributed by atoms with van der Waals surface area (Å²) in [6.45, 7) is 11.2. The van der Waals surface area contributed by atoms with Gasteiger partial charge in [-0.25, -0.2) is 0 Å². The number of ether oxygens (including phenoxy) is 1. The highest BCUT2D eigenvalue weighted by Crippen LogP contribution is 2.12. The van der Waals surface area contributed by atoms with Gasteiger partial charge in [-0.2, -0.15) is 0 Å². The Kier molecular flexibility index (Phi) is 6.84. The first kappa shape index (κ1) is 14.5. The van der Waals surface area contributed by atoms with E-state index >= 15 is 0 Å². The lowest BCUT2D eigenvalue weighted by atomic mass is 10.2. The second-order valence-electron chi connectivity index (χ2n) is 4.04. The zero-order chi connectivity index (χ0) is 13.2. The average Bonchev–Trinajstić information content (AvgIpc) is 2.39. The normalized spacial score (nSPS) is 10.3. The zero-order valence-corrected chi connectivity index (χ0v) is 10.8. The third kappa shape index (κ3) is 5.17. The van der Waals surface area contributed by atoms with Crippen LogP contribution < -0.4 is 10.5 Å². The van der Waals surface area contributed by atoms with E-state index in [1.807, 2.05) is 36.4 Å². The Labute approximate surface area is 110 Å². The molecule has 0 spiro atoms. The van der Waals surface area contributed by atoms with Gasteiger partial charge in [-0.05, 0) is 17.7 Å². The highest BCUT2D eigenvalue weighted by molar-refractivity contribution is 5.28. The predicted octanol–water partition coefficient (Wildman–Crippen LogP) is 2.20. The second kappa shape index (κ2) is 8.50. The van der Waals surface area contributed by atoms with Crippen molar-refractivity contribution in [3.05, 3.63) is 55.1 Å². The van der Waals surface area contributed by atoms with Gasteiger partial charge in [0.1, 0.15) is 12.4 Å². The molecule has 0 aliphatic rings. The Morgan fingerprint density at radius 2 is 1.94 bits per heavy atom. The van der Waals surface area contributed by atoms with Gasteiger partial charge in [-0.3, -0.25) is 4.90 Å². The second-order valence-corrected chi connectivity index (χ2v) is 4.04. The van der Waals surface area contributed by atoms with E-state index in [0.717, 1.165) is 30.9 Å². The topological polar surface area (TPSA) is 38.5 Å². The van der Waals surface area contributed by atoms with Gasteiger partial charge < -0.3 is 10.5 Å². The van der Waals surface area contributed by atoms with Crippen molar-refractivity contribution in [1.82, 2.24) is 4.90 Å². The van der Waals surface area contributed by atoms with Crippen LogP contribution in [0.1, 0.15) is 5.56 Å². The molecule has 0 radical (unpaired) electrons. The Morgan fingerprint density at radius 3 is 2.56 bits per heavy atom. The van der Waals surface area contributed by atoms with Crippen molar-refractivity contribution >= 4 is 0 Å². The van der Waals surface area contributed by atoms with Crippen LogP contribution in [0.3, 0.4) is 0 Å². The van der Waals surface area contributed by atoms with Gasteiger partial charge in [0.15, 0.2) is 0 Å². The molecule has 98 valence electrons. The fraction of sp³-hybridized carbons (Fsp3) is 0.333. The summed E-state index contributed by atoms with van der Waals surface area (Å²) in [6, 6.07) is 7.88. The van der Waals surface area contributed by atoms with Gasteiger partial charge in [0.05, 0.1) is 0 Å². The number of rotatable bonds is 9. The van der Waals surface area contributed by atoms with E-state index in [9.17, 15) is 0 Å². The van der Waals surface area contributed by atoms with E-state index in [-0.39, 0.29) is 0 Å². The Bertz CT molecular complexity index is 367. The van der Waals surface area contributed by atoms with Gasteiger partial charge in [0.25, 0.3) is 0 Å². The molecule has 3 nitrogen and oxygen atoms in total. The maximum Gasteiger partial charge on any atom is 0.119 e. The van der Waals surface area contributed by atoms with Crippen LogP contribution in [-0.2, 0) is 6.54 Å². The van der Waals surface area contributed by atoms with Crippen molar-refractivity contribution in [3.63, 3.8) is 0 Å². The third-order valence-corrected chi connectivity index (χ3v) is 2.58. The largest absolute Gasteiger partial charge is 0.492 e. The third-order valence-electron chi connectivity index (χ3n) is 2.58. The lowest BCUT2D eigenvalue weighted by Gasteiger charge is -2.18. The molecule has 0 atom stereocenters. The number of hydrogen-bond donors (Lipinski definition) is 1. The van der Waals surface area contributed by atoms with E-state index in [1.54, 1.807) is 0 Å². The van der Waals surface area contributed by atoms with E-state index in [0.29, 0.717) is 13.2 Å². The molecular formula is C15H22N2O. The van der Waals surface area contributed by atoms with Gasteiger partial charge in [-0.1, -0.05) is 24.3 Å². The molecule has 0 aliphatic carbocycles. The molecule has 0 amide bonds. The van der Waals surface area contributed by atoms with E-state index in [4.69, 9.17) is 10.5 Å². The molecular weight excluding hydrogens is 224 g/mol. The van der Waals surface area contributed by atoms with Crippen molar-refractivity contribution in [2.24, 2.45) is 5.73 Å². The van der Waals surface area contributed by atoms with Crippen molar-refractivity contribution < 1.29 is 4.74 Å². The lowest BCUT2D eigenvalue weighted by Crippen LogP contribution is -2.28. The number of nitrogens with two attached hydrogens (primary N) is 1. The van der Waals surface area contributed by atoms with Crippen LogP contribution in [0.5, 0.6) is 5.75 Å². The molecule has 0 fully saturated rings. The summed E-state index contributed by atoms with van der Waals surface area (Å²) >= 11 is 0. The molecule has 3 heteroatoms. The van der Waals surface area contributed by atoms with Crippen LogP contribution in [0.2, 0.25) is 0 Å². The fourth-order valence-corrected chi connectivity index (χ4v) is 1.68. The van der Waals surface area contributed by atoms with Crippen molar-refractivity contribution in [1.29, 1.82) is 0 Å². The Morgan fingerprint density at radius 1 is 1.22 bits per heavy atom. The predicted molar refractivity (Wildman–Crippen MR) is 76.7 cm³/mol. The minimum Gasteiger partial charge on any atom is -0.492 e. The van der Waals surface area contributed by atoms with Crippen molar-refractivity contribution in [2.75, 3.05) is 26.2 Å². The van der Waals surface area contributed by atoms with Gasteiger partial charge in [-0.15, -0.1) is 13.2 Å². The highest BCUT2D eigenvalue weighted by atomic mass is 16.5. The molecule has 0 aliphatic heterocycles. The van der Waals surface area contributed by atoms with E-state index < -0.39 is 0 Å². The number of nitrogens with zero attached hydrogens (tertiary/aromatic N) is 1. The van der Waals surface area contributed by atoms with Gasteiger partial charge in [0.2, 0.25) is 0 Å². The molecule has 0 bridgehead atoms. The first-order valence-electron chi connectivity index (χ1n) is 6.16. The zero-order valence-electron chi connectivity index (χ0n) is 10.8. The van der Waals surface area contributed by atoms with E-state index in [1.165, 1.54) is 0 Å². The summed E-state index contributed by atoms with van der Waals surface area (Å²) in [4.78, 5) is 2.22. The molecule has 0 saturated carbocycles. The smallest absolute Gasteiger partial charge is 0.119 e. The molecule has 0 unspecified atom stereocenters. The maximum atomic E-state index is 5.71. The van der Waals surface area contributed by atoms with E-state index in [2.05, 4.69) is 18.1 Å². The van der Waals surface area contributed by atoms with Gasteiger partial charge in [0, 0.05) is 26.2 Å². The molecule has 1 aromatic rings. The van der Waals surface area contributed by atoms with Crippen LogP contribution in [0.4, 0.5) is 0 Å². The average molecular weight is 246 g/mol. The standard InChI is InChI=1S/C15H22N2O/c1-3-8-17(9-4-2)10-11-18-15-7-5-6-14(12-15)13-16/h3-7,12H,1-2,8-11,13,16H2. The van der Waals surface area contributed by atoms with Crippen LogP contribution >= 0.6 is 0 Å². The summed E-state index contributed by atoms with van der Waals surface area (Å²) < 4.78 is 5.71. The number of benzene rings is 1. The SMILES string of the molecule is C=CCN(CC=C)CCOc1cccc(CN)c1. The van der Waals surface area contributed by atoms with Crippen LogP contribution in [0.25, 0.3) is 0 Å². The fourth-order valence-electron chi connectivity index (χ4n) is 1.68. The lowest BCUT2D eigenvalue weighted by molar-refractivity contribution is 0.236. The summed E-state index contributed by atoms with van der Waals surface area (Å²) in [6.07, 6.45) is 3.77.